The third-order valence-electron chi connectivity index (χ3n) is 4.53. The van der Waals surface area contributed by atoms with E-state index < -0.39 is 30.4 Å². The highest BCUT2D eigenvalue weighted by Gasteiger charge is 2.47. The first-order chi connectivity index (χ1) is 12.3. The second-order valence-electron chi connectivity index (χ2n) is 6.35. The van der Waals surface area contributed by atoms with Crippen molar-refractivity contribution >= 4 is 5.91 Å². The zero-order valence-electron chi connectivity index (χ0n) is 14.2. The number of aromatic nitrogens is 3. The topological polar surface area (TPSA) is 60.1 Å². The molecule has 1 amide bonds. The van der Waals surface area contributed by atoms with Gasteiger partial charge in [0.15, 0.2) is 0 Å². The maximum Gasteiger partial charge on any atom is 0.408 e. The van der Waals surface area contributed by atoms with Crippen molar-refractivity contribution in [3.63, 3.8) is 0 Å². The van der Waals surface area contributed by atoms with Crippen molar-refractivity contribution in [2.24, 2.45) is 0 Å². The predicted molar refractivity (Wildman–Crippen MR) is 87.6 cm³/mol. The molecule has 1 aliphatic heterocycles. The summed E-state index contributed by atoms with van der Waals surface area (Å²) in [6.45, 7) is 1.46. The average Bonchev–Trinajstić information content (AvgIpc) is 3.17. The van der Waals surface area contributed by atoms with Gasteiger partial charge in [0.2, 0.25) is 5.91 Å². The molecule has 0 N–H and O–H groups in total. The van der Waals surface area contributed by atoms with E-state index in [1.54, 1.807) is 6.92 Å². The lowest BCUT2D eigenvalue weighted by Crippen LogP contribution is -2.46. The number of nitrogens with zero attached hydrogens (tertiary/aromatic N) is 4. The Morgan fingerprint density at radius 1 is 1.27 bits per heavy atom. The largest absolute Gasteiger partial charge is 0.408 e. The molecule has 2 aromatic rings. The summed E-state index contributed by atoms with van der Waals surface area (Å²) >= 11 is 0. The molecule has 1 fully saturated rings. The summed E-state index contributed by atoms with van der Waals surface area (Å²) in [5.74, 6) is -0.336. The molecule has 1 aliphatic rings. The van der Waals surface area contributed by atoms with E-state index >= 15 is 0 Å². The molecular formula is C17H19F3N4O2. The zero-order chi connectivity index (χ0) is 18.9. The third-order valence-corrected chi connectivity index (χ3v) is 4.53. The first kappa shape index (κ1) is 18.2. The monoisotopic (exact) mass is 368 g/mol. The van der Waals surface area contributed by atoms with Crippen molar-refractivity contribution in [3.05, 3.63) is 52.2 Å². The quantitative estimate of drug-likeness (QED) is 0.829. The molecule has 0 saturated carbocycles. The molecule has 1 aromatic carbocycles. The van der Waals surface area contributed by atoms with Gasteiger partial charge in [0.1, 0.15) is 18.4 Å². The number of halogens is 3. The molecule has 0 spiro atoms. The van der Waals surface area contributed by atoms with Crippen LogP contribution in [0, 0.1) is 6.92 Å². The van der Waals surface area contributed by atoms with Gasteiger partial charge in [-0.3, -0.25) is 9.36 Å². The Morgan fingerprint density at radius 3 is 2.62 bits per heavy atom. The van der Waals surface area contributed by atoms with E-state index in [2.05, 4.69) is 5.10 Å². The fourth-order valence-electron chi connectivity index (χ4n) is 3.22. The van der Waals surface area contributed by atoms with E-state index in [1.165, 1.54) is 4.57 Å². The van der Waals surface area contributed by atoms with Crippen LogP contribution in [0.2, 0.25) is 0 Å². The fraction of sp³-hybridized carbons (Fsp3) is 0.471. The summed E-state index contributed by atoms with van der Waals surface area (Å²) in [4.78, 5) is 25.6. The summed E-state index contributed by atoms with van der Waals surface area (Å²) in [7, 11) is 0. The zero-order valence-corrected chi connectivity index (χ0v) is 14.2. The minimum Gasteiger partial charge on any atom is -0.329 e. The van der Waals surface area contributed by atoms with Crippen LogP contribution in [0.3, 0.4) is 0 Å². The van der Waals surface area contributed by atoms with Gasteiger partial charge in [0, 0.05) is 6.54 Å². The molecule has 9 heteroatoms. The Hall–Kier alpha value is -2.58. The Bertz CT molecular complexity index is 842. The van der Waals surface area contributed by atoms with Gasteiger partial charge in [-0.1, -0.05) is 30.3 Å². The van der Waals surface area contributed by atoms with Crippen molar-refractivity contribution in [1.29, 1.82) is 0 Å². The first-order valence-corrected chi connectivity index (χ1v) is 8.31. The number of carbonyl (C=O) groups is 1. The molecular weight excluding hydrogens is 349 g/mol. The summed E-state index contributed by atoms with van der Waals surface area (Å²) in [5.41, 5.74) is 0.378. The van der Waals surface area contributed by atoms with Gasteiger partial charge >= 0.3 is 11.9 Å². The van der Waals surface area contributed by atoms with Crippen LogP contribution in [0.5, 0.6) is 0 Å². The minimum absolute atomic E-state index is 0.0431. The van der Waals surface area contributed by atoms with Gasteiger partial charge in [-0.05, 0) is 25.3 Å². The number of likely N-dealkylation sites (tertiary alicyclic amines) is 1. The van der Waals surface area contributed by atoms with Crippen LogP contribution in [-0.4, -0.2) is 43.9 Å². The summed E-state index contributed by atoms with van der Waals surface area (Å²) in [5, 5.41) is 4.04. The third kappa shape index (κ3) is 3.66. The normalized spacial score (nSPS) is 17.7. The lowest BCUT2D eigenvalue weighted by atomic mass is 10.2. The Kier molecular flexibility index (Phi) is 4.88. The molecule has 2 heterocycles. The summed E-state index contributed by atoms with van der Waals surface area (Å²) < 4.78 is 41.4. The van der Waals surface area contributed by atoms with Crippen LogP contribution in [0.15, 0.2) is 35.1 Å². The van der Waals surface area contributed by atoms with Gasteiger partial charge in [0.05, 0.1) is 6.54 Å². The SMILES string of the molecule is Cc1nn(CC(=O)N2CCC[C@H]2C(F)(F)F)c(=O)n1Cc1ccccc1. The Labute approximate surface area is 147 Å². The second-order valence-corrected chi connectivity index (χ2v) is 6.35. The van der Waals surface area contributed by atoms with Crippen LogP contribution < -0.4 is 5.69 Å². The highest BCUT2D eigenvalue weighted by Crippen LogP contribution is 2.32. The van der Waals surface area contributed by atoms with Gasteiger partial charge < -0.3 is 4.90 Å². The number of hydrogen-bond acceptors (Lipinski definition) is 3. The van der Waals surface area contributed by atoms with Crippen LogP contribution >= 0.6 is 0 Å². The fourth-order valence-corrected chi connectivity index (χ4v) is 3.22. The van der Waals surface area contributed by atoms with Gasteiger partial charge in [-0.2, -0.15) is 18.3 Å². The number of carbonyl (C=O) groups excluding carboxylic acids is 1. The second kappa shape index (κ2) is 6.97. The molecule has 0 unspecified atom stereocenters. The number of hydrogen-bond donors (Lipinski definition) is 0. The number of aryl methyl sites for hydroxylation is 1. The molecule has 1 aromatic heterocycles. The van der Waals surface area contributed by atoms with Crippen molar-refractivity contribution in [3.8, 4) is 0 Å². The number of benzene rings is 1. The summed E-state index contributed by atoms with van der Waals surface area (Å²) in [6.07, 6.45) is -4.27. The van der Waals surface area contributed by atoms with E-state index in [-0.39, 0.29) is 19.5 Å². The molecule has 1 saturated heterocycles. The highest BCUT2D eigenvalue weighted by molar-refractivity contribution is 5.76. The number of amides is 1. The molecule has 0 aliphatic carbocycles. The van der Waals surface area contributed by atoms with E-state index in [9.17, 15) is 22.8 Å². The highest BCUT2D eigenvalue weighted by atomic mass is 19.4. The Morgan fingerprint density at radius 2 is 1.96 bits per heavy atom. The number of alkyl halides is 3. The molecule has 26 heavy (non-hydrogen) atoms. The van der Waals surface area contributed by atoms with Crippen molar-refractivity contribution < 1.29 is 18.0 Å². The maximum absolute atomic E-state index is 13.0. The van der Waals surface area contributed by atoms with Crippen LogP contribution in [0.4, 0.5) is 13.2 Å². The molecule has 0 bridgehead atoms. The van der Waals surface area contributed by atoms with Crippen molar-refractivity contribution in [1.82, 2.24) is 19.2 Å². The lowest BCUT2D eigenvalue weighted by molar-refractivity contribution is -0.183. The van der Waals surface area contributed by atoms with E-state index in [0.717, 1.165) is 15.1 Å². The molecule has 3 rings (SSSR count). The van der Waals surface area contributed by atoms with Gasteiger partial charge in [-0.25, -0.2) is 9.48 Å². The molecule has 6 nitrogen and oxygen atoms in total. The van der Waals surface area contributed by atoms with E-state index in [0.29, 0.717) is 12.2 Å². The average molecular weight is 368 g/mol. The molecule has 140 valence electrons. The van der Waals surface area contributed by atoms with Crippen molar-refractivity contribution in [2.75, 3.05) is 6.54 Å². The number of rotatable bonds is 4. The molecule has 1 atom stereocenters. The van der Waals surface area contributed by atoms with Crippen LogP contribution in [-0.2, 0) is 17.9 Å². The lowest BCUT2D eigenvalue weighted by Gasteiger charge is -2.26. The Balaban J connectivity index is 1.77. The van der Waals surface area contributed by atoms with Gasteiger partial charge in [-0.15, -0.1) is 0 Å². The first-order valence-electron chi connectivity index (χ1n) is 8.31. The predicted octanol–water partition coefficient (Wildman–Crippen LogP) is 1.95. The smallest absolute Gasteiger partial charge is 0.329 e. The van der Waals surface area contributed by atoms with E-state index in [4.69, 9.17) is 0 Å². The van der Waals surface area contributed by atoms with E-state index in [1.807, 2.05) is 30.3 Å². The van der Waals surface area contributed by atoms with Crippen LogP contribution in [0.25, 0.3) is 0 Å². The minimum atomic E-state index is -4.46. The van der Waals surface area contributed by atoms with Gasteiger partial charge in [0.25, 0.3) is 0 Å². The van der Waals surface area contributed by atoms with Crippen LogP contribution in [0.1, 0.15) is 24.2 Å². The summed E-state index contributed by atoms with van der Waals surface area (Å²) in [6, 6.07) is 7.47. The molecule has 0 radical (unpaired) electrons. The maximum atomic E-state index is 13.0. The standard InChI is InChI=1S/C17H19F3N4O2/c1-12-21-24(16(26)23(12)10-13-6-3-2-4-7-13)11-15(25)22-9-5-8-14(22)17(18,19)20/h2-4,6-7,14H,5,8-11H2,1H3/t14-/m0/s1. The van der Waals surface area contributed by atoms with Crippen molar-refractivity contribution in [2.45, 2.75) is 45.1 Å².